The summed E-state index contributed by atoms with van der Waals surface area (Å²) < 4.78 is 67.8. The lowest BCUT2D eigenvalue weighted by atomic mass is 10.0. The van der Waals surface area contributed by atoms with E-state index < -0.39 is 97.5 Å². The maximum absolute atomic E-state index is 13.0. The highest BCUT2D eigenvalue weighted by Crippen LogP contribution is 2.45. The fourth-order valence-corrected chi connectivity index (χ4v) is 11.1. The van der Waals surface area contributed by atoms with Crippen LogP contribution in [0.1, 0.15) is 318 Å². The SMILES string of the molecule is CCCCCCCCCCCCCCCC(=O)OC[C@H](COP(=O)(O)OC[C@@H](O)COP(=O)(O)OC[C@@H](COC(=O)CCCCCCC)OC(=O)CCCCCCCCC(C)C)OC(=O)CCCCCCCCCCCCCCCC(C)C. The number of hydrogen-bond donors (Lipinski definition) is 3. The molecule has 0 aliphatic rings. The Bertz CT molecular complexity index is 1630. The van der Waals surface area contributed by atoms with E-state index in [9.17, 15) is 43.2 Å². The molecule has 0 rings (SSSR count). The van der Waals surface area contributed by atoms with Gasteiger partial charge in [-0.3, -0.25) is 37.3 Å². The van der Waals surface area contributed by atoms with E-state index in [4.69, 9.17) is 37.0 Å². The zero-order valence-electron chi connectivity index (χ0n) is 53.5. The first-order chi connectivity index (χ1) is 39.9. The second kappa shape index (κ2) is 56.6. The van der Waals surface area contributed by atoms with E-state index in [1.165, 1.54) is 128 Å². The summed E-state index contributed by atoms with van der Waals surface area (Å²) in [6.45, 7) is 9.33. The number of carbonyl (C=O) groups is 4. The number of unbranched alkanes of at least 4 members (excludes halogenated alkanes) is 33. The van der Waals surface area contributed by atoms with Gasteiger partial charge in [0.25, 0.3) is 0 Å². The molecule has 0 saturated heterocycles. The summed E-state index contributed by atoms with van der Waals surface area (Å²) in [5, 5.41) is 10.5. The maximum Gasteiger partial charge on any atom is 0.472 e. The van der Waals surface area contributed by atoms with Crippen molar-refractivity contribution in [2.45, 2.75) is 336 Å². The number of rotatable bonds is 63. The van der Waals surface area contributed by atoms with Crippen molar-refractivity contribution in [2.75, 3.05) is 39.6 Å². The first-order valence-electron chi connectivity index (χ1n) is 33.5. The van der Waals surface area contributed by atoms with Crippen molar-refractivity contribution in [3.8, 4) is 0 Å². The van der Waals surface area contributed by atoms with Crippen LogP contribution in [-0.2, 0) is 65.4 Å². The topological polar surface area (TPSA) is 237 Å². The molecule has 0 saturated carbocycles. The minimum absolute atomic E-state index is 0.101. The Morgan fingerprint density at radius 3 is 0.819 bits per heavy atom. The van der Waals surface area contributed by atoms with E-state index in [0.29, 0.717) is 31.6 Å². The Kier molecular flexibility index (Phi) is 55.2. The first kappa shape index (κ1) is 81.1. The van der Waals surface area contributed by atoms with Gasteiger partial charge in [-0.1, -0.05) is 266 Å². The monoisotopic (exact) mass is 1230 g/mol. The van der Waals surface area contributed by atoms with Crippen LogP contribution in [-0.4, -0.2) is 96.7 Å². The molecule has 0 aromatic rings. The van der Waals surface area contributed by atoms with Crippen LogP contribution in [0, 0.1) is 11.8 Å². The van der Waals surface area contributed by atoms with Crippen molar-refractivity contribution >= 4 is 39.5 Å². The predicted octanol–water partition coefficient (Wildman–Crippen LogP) is 17.7. The lowest BCUT2D eigenvalue weighted by Crippen LogP contribution is -2.30. The van der Waals surface area contributed by atoms with Gasteiger partial charge < -0.3 is 33.8 Å². The van der Waals surface area contributed by atoms with E-state index >= 15 is 0 Å². The van der Waals surface area contributed by atoms with Crippen LogP contribution in [0.4, 0.5) is 0 Å². The second-order valence-electron chi connectivity index (χ2n) is 24.1. The number of carbonyl (C=O) groups excluding carboxylic acids is 4. The van der Waals surface area contributed by atoms with Crippen LogP contribution in [0.3, 0.4) is 0 Å². The average molecular weight is 1230 g/mol. The highest BCUT2D eigenvalue weighted by Gasteiger charge is 2.30. The molecule has 2 unspecified atom stereocenters. The van der Waals surface area contributed by atoms with E-state index in [1.807, 2.05) is 0 Å². The molecule has 0 aromatic carbocycles. The molecule has 0 bridgehead atoms. The molecular weight excluding hydrogens is 1100 g/mol. The van der Waals surface area contributed by atoms with Crippen molar-refractivity contribution in [2.24, 2.45) is 11.8 Å². The maximum atomic E-state index is 13.0. The molecule has 492 valence electrons. The Morgan fingerprint density at radius 2 is 0.554 bits per heavy atom. The van der Waals surface area contributed by atoms with Gasteiger partial charge in [0.05, 0.1) is 26.4 Å². The Hall–Kier alpha value is -1.94. The smallest absolute Gasteiger partial charge is 0.462 e. The third kappa shape index (κ3) is 58.8. The number of hydrogen-bond acceptors (Lipinski definition) is 15. The third-order valence-electron chi connectivity index (χ3n) is 14.7. The largest absolute Gasteiger partial charge is 0.472 e. The zero-order chi connectivity index (χ0) is 61.5. The van der Waals surface area contributed by atoms with Gasteiger partial charge in [-0.2, -0.15) is 0 Å². The number of phosphoric acid groups is 2. The molecule has 0 heterocycles. The molecule has 0 aliphatic carbocycles. The molecule has 3 N–H and O–H groups in total. The molecule has 17 nitrogen and oxygen atoms in total. The van der Waals surface area contributed by atoms with Crippen LogP contribution in [0.5, 0.6) is 0 Å². The minimum Gasteiger partial charge on any atom is -0.462 e. The average Bonchev–Trinajstić information content (AvgIpc) is 3.45. The number of aliphatic hydroxyl groups excluding tert-OH is 1. The number of esters is 4. The van der Waals surface area contributed by atoms with Crippen LogP contribution in [0.15, 0.2) is 0 Å². The lowest BCUT2D eigenvalue weighted by Gasteiger charge is -2.21. The molecular formula is C64H124O17P2. The van der Waals surface area contributed by atoms with Crippen molar-refractivity contribution in [3.63, 3.8) is 0 Å². The van der Waals surface area contributed by atoms with Gasteiger partial charge in [-0.15, -0.1) is 0 Å². The highest BCUT2D eigenvalue weighted by molar-refractivity contribution is 7.47. The quantitative estimate of drug-likeness (QED) is 0.0222. The number of phosphoric ester groups is 2. The summed E-state index contributed by atoms with van der Waals surface area (Å²) in [6.07, 6.45) is 39.4. The predicted molar refractivity (Wildman–Crippen MR) is 331 cm³/mol. The van der Waals surface area contributed by atoms with Crippen molar-refractivity contribution in [1.82, 2.24) is 0 Å². The molecule has 0 amide bonds. The molecule has 0 fully saturated rings. The zero-order valence-corrected chi connectivity index (χ0v) is 55.3. The van der Waals surface area contributed by atoms with Gasteiger partial charge in [0.15, 0.2) is 12.2 Å². The van der Waals surface area contributed by atoms with Gasteiger partial charge in [-0.25, -0.2) is 9.13 Å². The van der Waals surface area contributed by atoms with Gasteiger partial charge in [0.2, 0.25) is 0 Å². The lowest BCUT2D eigenvalue weighted by molar-refractivity contribution is -0.161. The summed E-state index contributed by atoms with van der Waals surface area (Å²) in [7, 11) is -9.88. The van der Waals surface area contributed by atoms with E-state index in [2.05, 4.69) is 41.5 Å². The van der Waals surface area contributed by atoms with Crippen LogP contribution in [0.2, 0.25) is 0 Å². The van der Waals surface area contributed by atoms with Crippen molar-refractivity contribution in [1.29, 1.82) is 0 Å². The third-order valence-corrected chi connectivity index (χ3v) is 16.6. The van der Waals surface area contributed by atoms with Gasteiger partial charge in [0.1, 0.15) is 19.3 Å². The fraction of sp³-hybridized carbons (Fsp3) is 0.938. The first-order valence-corrected chi connectivity index (χ1v) is 36.5. The normalized spacial score (nSPS) is 14.3. The van der Waals surface area contributed by atoms with E-state index in [1.54, 1.807) is 0 Å². The molecule has 0 radical (unpaired) electrons. The van der Waals surface area contributed by atoms with Gasteiger partial charge >= 0.3 is 39.5 Å². The minimum atomic E-state index is -4.94. The molecule has 5 atom stereocenters. The fourth-order valence-electron chi connectivity index (χ4n) is 9.53. The van der Waals surface area contributed by atoms with Gasteiger partial charge in [0, 0.05) is 25.7 Å². The summed E-state index contributed by atoms with van der Waals surface area (Å²) >= 11 is 0. The molecule has 0 aromatic heterocycles. The summed E-state index contributed by atoms with van der Waals surface area (Å²) in [5.74, 6) is -0.691. The number of ether oxygens (including phenoxy) is 4. The van der Waals surface area contributed by atoms with Crippen molar-refractivity contribution < 1.29 is 80.2 Å². The van der Waals surface area contributed by atoms with Gasteiger partial charge in [-0.05, 0) is 37.5 Å². The Morgan fingerprint density at radius 1 is 0.325 bits per heavy atom. The Labute approximate surface area is 505 Å². The number of aliphatic hydroxyl groups is 1. The molecule has 0 spiro atoms. The standard InChI is InChI=1S/C64H124O17P2/c1-7-9-11-13-14-15-16-18-22-25-28-35-41-47-62(67)75-53-60(80-63(68)48-42-36-29-26-23-20-17-19-21-24-27-33-38-44-56(3)4)55-79-83(72,73)77-51-58(65)50-76-82(70,71)78-54-59(52-74-61(66)46-40-32-12-10-8-2)81-64(69)49-43-37-31-30-34-39-45-57(5)6/h56-60,65H,7-55H2,1-6H3,(H,70,71)(H,72,73)/t58-,59+,60+/m0/s1. The van der Waals surface area contributed by atoms with E-state index in [-0.39, 0.29) is 25.7 Å². The molecule has 0 aliphatic heterocycles. The Balaban J connectivity index is 5.17. The van der Waals surface area contributed by atoms with E-state index in [0.717, 1.165) is 102 Å². The van der Waals surface area contributed by atoms with Crippen LogP contribution >= 0.6 is 15.6 Å². The van der Waals surface area contributed by atoms with Crippen molar-refractivity contribution in [3.05, 3.63) is 0 Å². The van der Waals surface area contributed by atoms with Crippen LogP contribution in [0.25, 0.3) is 0 Å². The molecule has 19 heteroatoms. The van der Waals surface area contributed by atoms with Crippen LogP contribution < -0.4 is 0 Å². The second-order valence-corrected chi connectivity index (χ2v) is 27.0. The summed E-state index contributed by atoms with van der Waals surface area (Å²) in [4.78, 5) is 71.9. The highest BCUT2D eigenvalue weighted by atomic mass is 31.2. The molecule has 83 heavy (non-hydrogen) atoms. The summed E-state index contributed by atoms with van der Waals surface area (Å²) in [5.41, 5.74) is 0. The summed E-state index contributed by atoms with van der Waals surface area (Å²) in [6, 6.07) is 0.